The van der Waals surface area contributed by atoms with Crippen molar-refractivity contribution in [3.63, 3.8) is 0 Å². The third-order valence-corrected chi connectivity index (χ3v) is 6.44. The van der Waals surface area contributed by atoms with E-state index in [1.165, 1.54) is 11.1 Å². The number of furan rings is 1. The maximum absolute atomic E-state index is 6.54. The molecule has 0 fully saturated rings. The molecule has 2 heterocycles. The van der Waals surface area contributed by atoms with Gasteiger partial charge in [-0.05, 0) is 65.7 Å². The van der Waals surface area contributed by atoms with E-state index in [1.807, 2.05) is 6.20 Å². The molecule has 0 saturated heterocycles. The summed E-state index contributed by atoms with van der Waals surface area (Å²) < 4.78 is 6.54. The largest absolute Gasteiger partial charge is 0.455 e. The van der Waals surface area contributed by atoms with Crippen LogP contribution in [0.2, 0.25) is 0 Å². The average Bonchev–Trinajstić information content (AvgIpc) is 3.12. The second kappa shape index (κ2) is 7.09. The Hall–Kier alpha value is -3.39. The number of pyridine rings is 1. The monoisotopic (exact) mass is 405 g/mol. The van der Waals surface area contributed by atoms with Crippen molar-refractivity contribution in [2.75, 3.05) is 0 Å². The number of aryl methyl sites for hydroxylation is 2. The normalized spacial score (nSPS) is 16.2. The zero-order valence-electron chi connectivity index (χ0n) is 18.6. The van der Waals surface area contributed by atoms with Crippen molar-refractivity contribution in [1.29, 1.82) is 0 Å². The summed E-state index contributed by atoms with van der Waals surface area (Å²) in [5.74, 6) is 0.867. The number of allylic oxidation sites excluding steroid dienone is 1. The van der Waals surface area contributed by atoms with Crippen LogP contribution in [0.1, 0.15) is 53.8 Å². The van der Waals surface area contributed by atoms with Crippen molar-refractivity contribution in [2.24, 2.45) is 0 Å². The van der Waals surface area contributed by atoms with E-state index in [2.05, 4.69) is 95.0 Å². The van der Waals surface area contributed by atoms with E-state index in [4.69, 9.17) is 9.40 Å². The van der Waals surface area contributed by atoms with Gasteiger partial charge in [-0.25, -0.2) is 0 Å². The molecule has 0 spiro atoms. The van der Waals surface area contributed by atoms with Crippen molar-refractivity contribution < 1.29 is 4.42 Å². The summed E-state index contributed by atoms with van der Waals surface area (Å²) in [6.45, 7) is 13.3. The van der Waals surface area contributed by atoms with Crippen molar-refractivity contribution in [1.82, 2.24) is 4.98 Å². The standard InChI is InChI=1S/C29H27NO/c1-18-12-15-24(30-17-18)26-19(2)13-14-22-27-20(3)21-9-6-7-10-23(21)29(4,5)16-8-11-25(27)31-28(22)26/h6-15,17H,3,16H2,1-2,4-5H3/b11-8-. The van der Waals surface area contributed by atoms with Crippen molar-refractivity contribution in [3.8, 4) is 11.3 Å². The van der Waals surface area contributed by atoms with Crippen LogP contribution in [0.15, 0.2) is 71.8 Å². The van der Waals surface area contributed by atoms with Gasteiger partial charge >= 0.3 is 0 Å². The Morgan fingerprint density at radius 1 is 0.968 bits per heavy atom. The Morgan fingerprint density at radius 3 is 2.55 bits per heavy atom. The summed E-state index contributed by atoms with van der Waals surface area (Å²) in [5, 5.41) is 1.09. The molecule has 154 valence electrons. The first-order valence-electron chi connectivity index (χ1n) is 10.8. The molecular formula is C29H27NO. The average molecular weight is 406 g/mol. The summed E-state index contributed by atoms with van der Waals surface area (Å²) in [4.78, 5) is 4.69. The molecule has 0 saturated carbocycles. The molecule has 0 aliphatic heterocycles. The lowest BCUT2D eigenvalue weighted by atomic mass is 9.77. The number of rotatable bonds is 1. The minimum Gasteiger partial charge on any atom is -0.455 e. The minimum atomic E-state index is 0.0167. The van der Waals surface area contributed by atoms with E-state index in [-0.39, 0.29) is 5.41 Å². The SMILES string of the molecule is C=C1c2ccccc2C(C)(C)C/C=C\c2oc3c(-c4ccc(C)cn4)c(C)ccc3c21. The molecule has 2 heteroatoms. The van der Waals surface area contributed by atoms with Gasteiger partial charge in [0.1, 0.15) is 11.3 Å². The molecule has 0 unspecified atom stereocenters. The van der Waals surface area contributed by atoms with Gasteiger partial charge in [-0.3, -0.25) is 4.98 Å². The summed E-state index contributed by atoms with van der Waals surface area (Å²) in [6.07, 6.45) is 7.19. The smallest absolute Gasteiger partial charge is 0.145 e. The van der Waals surface area contributed by atoms with E-state index in [1.54, 1.807) is 0 Å². The van der Waals surface area contributed by atoms with Crippen LogP contribution in [0.5, 0.6) is 0 Å². The minimum absolute atomic E-state index is 0.0167. The Balaban J connectivity index is 1.81. The first-order valence-corrected chi connectivity index (χ1v) is 10.8. The van der Waals surface area contributed by atoms with Crippen LogP contribution in [0.25, 0.3) is 33.9 Å². The molecule has 31 heavy (non-hydrogen) atoms. The Bertz CT molecular complexity index is 1350. The Labute approximate surface area is 184 Å². The number of nitrogens with zero attached hydrogens (tertiary/aromatic N) is 1. The third-order valence-electron chi connectivity index (χ3n) is 6.44. The fourth-order valence-corrected chi connectivity index (χ4v) is 4.68. The van der Waals surface area contributed by atoms with Gasteiger partial charge < -0.3 is 4.42 Å². The van der Waals surface area contributed by atoms with Gasteiger partial charge in [0.2, 0.25) is 0 Å². The lowest BCUT2D eigenvalue weighted by Gasteiger charge is -2.26. The van der Waals surface area contributed by atoms with Crippen molar-refractivity contribution in [2.45, 2.75) is 39.5 Å². The lowest BCUT2D eigenvalue weighted by Crippen LogP contribution is -2.17. The van der Waals surface area contributed by atoms with Crippen LogP contribution in [0.4, 0.5) is 0 Å². The van der Waals surface area contributed by atoms with Crippen LogP contribution in [0, 0.1) is 13.8 Å². The highest BCUT2D eigenvalue weighted by Crippen LogP contribution is 2.44. The summed E-state index contributed by atoms with van der Waals surface area (Å²) in [5.41, 5.74) is 9.77. The molecule has 1 aliphatic rings. The molecule has 2 nitrogen and oxygen atoms in total. The Morgan fingerprint density at radius 2 is 1.77 bits per heavy atom. The number of hydrogen-bond donors (Lipinski definition) is 0. The molecule has 1 aliphatic carbocycles. The zero-order valence-corrected chi connectivity index (χ0v) is 18.6. The highest BCUT2D eigenvalue weighted by molar-refractivity contribution is 6.04. The molecule has 0 radical (unpaired) electrons. The fourth-order valence-electron chi connectivity index (χ4n) is 4.68. The quantitative estimate of drug-likeness (QED) is 0.322. The molecule has 2 aromatic heterocycles. The predicted molar refractivity (Wildman–Crippen MR) is 130 cm³/mol. The van der Waals surface area contributed by atoms with Crippen LogP contribution >= 0.6 is 0 Å². The number of fused-ring (bicyclic) bond motifs is 4. The van der Waals surface area contributed by atoms with E-state index in [9.17, 15) is 0 Å². The van der Waals surface area contributed by atoms with Crippen LogP contribution in [0.3, 0.4) is 0 Å². The number of aromatic nitrogens is 1. The van der Waals surface area contributed by atoms with Gasteiger partial charge in [0, 0.05) is 22.7 Å². The maximum atomic E-state index is 6.54. The van der Waals surface area contributed by atoms with E-state index in [0.717, 1.165) is 56.7 Å². The summed E-state index contributed by atoms with van der Waals surface area (Å²) in [6, 6.07) is 17.1. The molecule has 5 rings (SSSR count). The highest BCUT2D eigenvalue weighted by Gasteiger charge is 2.28. The number of hydrogen-bond acceptors (Lipinski definition) is 2. The molecule has 0 bridgehead atoms. The van der Waals surface area contributed by atoms with Gasteiger partial charge in [0.25, 0.3) is 0 Å². The molecule has 2 aromatic carbocycles. The molecular weight excluding hydrogens is 378 g/mol. The summed E-state index contributed by atoms with van der Waals surface area (Å²) in [7, 11) is 0. The third kappa shape index (κ3) is 3.14. The second-order valence-electron chi connectivity index (χ2n) is 9.21. The topological polar surface area (TPSA) is 26.0 Å². The summed E-state index contributed by atoms with van der Waals surface area (Å²) >= 11 is 0. The van der Waals surface area contributed by atoms with Gasteiger partial charge in [0.15, 0.2) is 0 Å². The zero-order chi connectivity index (χ0) is 21.8. The number of benzene rings is 2. The van der Waals surface area contributed by atoms with Crippen LogP contribution in [-0.4, -0.2) is 4.98 Å². The Kier molecular flexibility index (Phi) is 4.48. The molecule has 4 aromatic rings. The molecule has 0 amide bonds. The van der Waals surface area contributed by atoms with E-state index >= 15 is 0 Å². The van der Waals surface area contributed by atoms with Crippen LogP contribution in [-0.2, 0) is 5.41 Å². The predicted octanol–water partition coefficient (Wildman–Crippen LogP) is 7.87. The highest BCUT2D eigenvalue weighted by atomic mass is 16.3. The lowest BCUT2D eigenvalue weighted by molar-refractivity contribution is 0.533. The van der Waals surface area contributed by atoms with Crippen molar-refractivity contribution >= 4 is 22.6 Å². The van der Waals surface area contributed by atoms with Gasteiger partial charge in [-0.15, -0.1) is 0 Å². The first kappa shape index (κ1) is 19.6. The van der Waals surface area contributed by atoms with E-state index in [0.29, 0.717) is 0 Å². The van der Waals surface area contributed by atoms with E-state index < -0.39 is 0 Å². The maximum Gasteiger partial charge on any atom is 0.145 e. The molecule has 0 atom stereocenters. The first-order chi connectivity index (χ1) is 14.9. The molecule has 0 N–H and O–H groups in total. The van der Waals surface area contributed by atoms with Crippen molar-refractivity contribution in [3.05, 3.63) is 101 Å². The van der Waals surface area contributed by atoms with Gasteiger partial charge in [-0.2, -0.15) is 0 Å². The van der Waals surface area contributed by atoms with Crippen LogP contribution < -0.4 is 0 Å². The fraction of sp³-hybridized carbons (Fsp3) is 0.207. The second-order valence-corrected chi connectivity index (χ2v) is 9.21. The van der Waals surface area contributed by atoms with Gasteiger partial charge in [-0.1, -0.05) is 69.0 Å². The van der Waals surface area contributed by atoms with Gasteiger partial charge in [0.05, 0.1) is 5.69 Å².